The summed E-state index contributed by atoms with van der Waals surface area (Å²) in [6.07, 6.45) is 2.44. The molecule has 2 aromatic carbocycles. The van der Waals surface area contributed by atoms with Gasteiger partial charge in [0.15, 0.2) is 0 Å². The number of nitrogens with one attached hydrogen (secondary N) is 1. The summed E-state index contributed by atoms with van der Waals surface area (Å²) < 4.78 is 19.6. The third-order valence-corrected chi connectivity index (χ3v) is 5.44. The first-order valence-corrected chi connectivity index (χ1v) is 10.2. The summed E-state index contributed by atoms with van der Waals surface area (Å²) >= 11 is 0. The van der Waals surface area contributed by atoms with E-state index in [1.54, 1.807) is 30.6 Å². The van der Waals surface area contributed by atoms with Crippen LogP contribution in [0.4, 0.5) is 16.0 Å². The number of hydrogen-bond acceptors (Lipinski definition) is 6. The van der Waals surface area contributed by atoms with Crippen LogP contribution in [0.2, 0.25) is 0 Å². The van der Waals surface area contributed by atoms with E-state index in [4.69, 9.17) is 10.5 Å². The van der Waals surface area contributed by atoms with Crippen molar-refractivity contribution in [2.24, 2.45) is 5.92 Å². The lowest BCUT2D eigenvalue weighted by molar-refractivity contribution is -0.117. The minimum Gasteiger partial charge on any atom is -0.437 e. The van der Waals surface area contributed by atoms with Crippen LogP contribution in [0.3, 0.4) is 0 Å². The highest BCUT2D eigenvalue weighted by Crippen LogP contribution is 2.39. The average molecular weight is 429 g/mol. The third kappa shape index (κ3) is 3.71. The Balaban J connectivity index is 1.55. The summed E-state index contributed by atoms with van der Waals surface area (Å²) in [5.41, 5.74) is 8.52. The summed E-state index contributed by atoms with van der Waals surface area (Å²) in [5.74, 6) is 0.263. The zero-order valence-electron chi connectivity index (χ0n) is 17.2. The molecule has 0 bridgehead atoms. The number of pyridine rings is 1. The molecule has 2 atom stereocenters. The number of fused-ring (bicyclic) bond motifs is 1. The number of hydrogen-bond donors (Lipinski definition) is 2. The van der Waals surface area contributed by atoms with Gasteiger partial charge < -0.3 is 15.8 Å². The van der Waals surface area contributed by atoms with Crippen LogP contribution >= 0.6 is 0 Å². The lowest BCUT2D eigenvalue weighted by atomic mass is 10.0. The molecule has 1 saturated carbocycles. The van der Waals surface area contributed by atoms with Gasteiger partial charge in [0.05, 0.1) is 17.2 Å². The van der Waals surface area contributed by atoms with E-state index < -0.39 is 12.1 Å². The molecule has 0 aliphatic heterocycles. The van der Waals surface area contributed by atoms with Crippen LogP contribution in [0.5, 0.6) is 11.6 Å². The molecule has 1 amide bonds. The number of carbonyl (C=O) groups is 1. The Labute approximate surface area is 183 Å². The molecular formula is C24H20FN5O2. The molecule has 2 heterocycles. The fourth-order valence-corrected chi connectivity index (χ4v) is 3.63. The van der Waals surface area contributed by atoms with Crippen molar-refractivity contribution in [2.45, 2.75) is 19.5 Å². The van der Waals surface area contributed by atoms with Crippen molar-refractivity contribution in [1.29, 1.82) is 0 Å². The molecule has 1 fully saturated rings. The molecule has 4 aromatic rings. The van der Waals surface area contributed by atoms with Crippen LogP contribution in [0, 0.1) is 12.8 Å². The number of ether oxygens (including phenoxy) is 1. The van der Waals surface area contributed by atoms with Crippen LogP contribution < -0.4 is 15.8 Å². The van der Waals surface area contributed by atoms with Crippen LogP contribution in [-0.2, 0) is 4.79 Å². The SMILES string of the molecule is Cc1ccc2c(NC(=O)[C@@H]3C[C@@H]3F)cccc2c1Oc1ncccc1-c1ccnc(N)n1. The normalized spacial score (nSPS) is 17.2. The first-order valence-electron chi connectivity index (χ1n) is 10.2. The molecule has 8 heteroatoms. The monoisotopic (exact) mass is 429 g/mol. The second kappa shape index (κ2) is 7.88. The van der Waals surface area contributed by atoms with Gasteiger partial charge in [-0.05, 0) is 43.2 Å². The van der Waals surface area contributed by atoms with Gasteiger partial charge in [-0.25, -0.2) is 19.3 Å². The molecule has 5 rings (SSSR count). The maximum Gasteiger partial charge on any atom is 0.230 e. The lowest BCUT2D eigenvalue weighted by Gasteiger charge is -2.16. The summed E-state index contributed by atoms with van der Waals surface area (Å²) in [5, 5.41) is 4.44. The quantitative estimate of drug-likeness (QED) is 0.478. The number of nitrogen functional groups attached to an aromatic ring is 1. The Morgan fingerprint density at radius 3 is 2.72 bits per heavy atom. The van der Waals surface area contributed by atoms with E-state index in [1.165, 1.54) is 0 Å². The molecule has 0 spiro atoms. The number of nitrogens with zero attached hydrogens (tertiary/aromatic N) is 3. The van der Waals surface area contributed by atoms with Crippen molar-refractivity contribution < 1.29 is 13.9 Å². The number of alkyl halides is 1. The maximum absolute atomic E-state index is 13.3. The van der Waals surface area contributed by atoms with Crippen molar-refractivity contribution in [3.63, 3.8) is 0 Å². The summed E-state index contributed by atoms with van der Waals surface area (Å²) in [6, 6.07) is 14.7. The minimum absolute atomic E-state index is 0.158. The Hall–Kier alpha value is -4.07. The van der Waals surface area contributed by atoms with E-state index in [0.717, 1.165) is 16.3 Å². The number of anilines is 2. The molecule has 1 aliphatic rings. The van der Waals surface area contributed by atoms with Crippen LogP contribution in [0.15, 0.2) is 60.9 Å². The van der Waals surface area contributed by atoms with Crippen LogP contribution in [0.1, 0.15) is 12.0 Å². The van der Waals surface area contributed by atoms with E-state index in [-0.39, 0.29) is 18.3 Å². The molecular weight excluding hydrogens is 409 g/mol. The molecule has 160 valence electrons. The van der Waals surface area contributed by atoms with Gasteiger partial charge in [-0.3, -0.25) is 4.79 Å². The smallest absolute Gasteiger partial charge is 0.230 e. The number of benzene rings is 2. The Morgan fingerprint density at radius 1 is 1.09 bits per heavy atom. The van der Waals surface area contributed by atoms with Gasteiger partial charge in [0, 0.05) is 28.9 Å². The van der Waals surface area contributed by atoms with Gasteiger partial charge in [-0.2, -0.15) is 0 Å². The zero-order valence-corrected chi connectivity index (χ0v) is 17.2. The number of aromatic nitrogens is 3. The first kappa shape index (κ1) is 19.9. The standard InChI is InChI=1S/C24H20FN5O2/c1-13-7-8-14-15(4-2-6-19(14)29-22(31)17-12-18(17)25)21(13)32-23-16(5-3-10-27-23)20-9-11-28-24(26)30-20/h2-11,17-18H,12H2,1H3,(H,29,31)(H2,26,28,30)/t17-,18+/m1/s1. The molecule has 0 unspecified atom stereocenters. The third-order valence-electron chi connectivity index (χ3n) is 5.44. The summed E-state index contributed by atoms with van der Waals surface area (Å²) in [4.78, 5) is 24.9. The number of rotatable bonds is 5. The van der Waals surface area contributed by atoms with Crippen molar-refractivity contribution in [1.82, 2.24) is 15.0 Å². The molecule has 2 aromatic heterocycles. The van der Waals surface area contributed by atoms with E-state index in [1.807, 2.05) is 37.3 Å². The largest absolute Gasteiger partial charge is 0.437 e. The Kier molecular flexibility index (Phi) is 4.89. The molecule has 7 nitrogen and oxygen atoms in total. The fourth-order valence-electron chi connectivity index (χ4n) is 3.63. The Bertz CT molecular complexity index is 1340. The van der Waals surface area contributed by atoms with Crippen molar-refractivity contribution in [3.05, 3.63) is 66.5 Å². The average Bonchev–Trinajstić information content (AvgIpc) is 3.53. The molecule has 32 heavy (non-hydrogen) atoms. The van der Waals surface area contributed by atoms with Gasteiger partial charge in [0.2, 0.25) is 17.7 Å². The molecule has 3 N–H and O–H groups in total. The number of nitrogens with two attached hydrogens (primary N) is 1. The predicted octanol–water partition coefficient (Wildman–Crippen LogP) is 4.67. The van der Waals surface area contributed by atoms with Gasteiger partial charge in [-0.15, -0.1) is 0 Å². The molecule has 0 radical (unpaired) electrons. The maximum atomic E-state index is 13.3. The van der Waals surface area contributed by atoms with E-state index >= 15 is 0 Å². The lowest BCUT2D eigenvalue weighted by Crippen LogP contribution is -2.15. The van der Waals surface area contributed by atoms with Crippen LogP contribution in [-0.4, -0.2) is 27.0 Å². The minimum atomic E-state index is -1.05. The number of aryl methyl sites for hydroxylation is 1. The second-order valence-electron chi connectivity index (χ2n) is 7.72. The fraction of sp³-hybridized carbons (Fsp3) is 0.167. The van der Waals surface area contributed by atoms with Crippen molar-refractivity contribution in [3.8, 4) is 22.9 Å². The zero-order chi connectivity index (χ0) is 22.2. The van der Waals surface area contributed by atoms with Gasteiger partial charge in [0.1, 0.15) is 11.9 Å². The number of carbonyl (C=O) groups excluding carboxylic acids is 1. The van der Waals surface area contributed by atoms with E-state index in [2.05, 4.69) is 20.3 Å². The van der Waals surface area contributed by atoms with Crippen molar-refractivity contribution in [2.75, 3.05) is 11.1 Å². The van der Waals surface area contributed by atoms with Crippen molar-refractivity contribution >= 4 is 28.3 Å². The van der Waals surface area contributed by atoms with E-state index in [0.29, 0.717) is 28.6 Å². The molecule has 1 aliphatic carbocycles. The summed E-state index contributed by atoms with van der Waals surface area (Å²) in [6.45, 7) is 1.93. The predicted molar refractivity (Wildman–Crippen MR) is 120 cm³/mol. The highest BCUT2D eigenvalue weighted by atomic mass is 19.1. The number of halogens is 1. The topological polar surface area (TPSA) is 103 Å². The van der Waals surface area contributed by atoms with Crippen LogP contribution in [0.25, 0.3) is 22.0 Å². The summed E-state index contributed by atoms with van der Waals surface area (Å²) in [7, 11) is 0. The first-order chi connectivity index (χ1) is 15.5. The highest BCUT2D eigenvalue weighted by molar-refractivity contribution is 6.05. The highest BCUT2D eigenvalue weighted by Gasteiger charge is 2.43. The van der Waals surface area contributed by atoms with Gasteiger partial charge in [0.25, 0.3) is 0 Å². The second-order valence-corrected chi connectivity index (χ2v) is 7.72. The number of amides is 1. The Morgan fingerprint density at radius 2 is 1.94 bits per heavy atom. The van der Waals surface area contributed by atoms with E-state index in [9.17, 15) is 9.18 Å². The molecule has 0 saturated heterocycles. The van der Waals surface area contributed by atoms with Gasteiger partial charge in [-0.1, -0.05) is 24.3 Å². The van der Waals surface area contributed by atoms with Gasteiger partial charge >= 0.3 is 0 Å².